The molecule has 0 aromatic heterocycles. The SMILES string of the molecule is CCCC(Cc1c(C)cccc1C)NC. The summed E-state index contributed by atoms with van der Waals surface area (Å²) in [6, 6.07) is 7.18. The molecule has 1 rings (SSSR count). The molecule has 0 heterocycles. The maximum absolute atomic E-state index is 3.41. The highest BCUT2D eigenvalue weighted by Crippen LogP contribution is 2.16. The van der Waals surface area contributed by atoms with E-state index in [9.17, 15) is 0 Å². The predicted octanol–water partition coefficient (Wildman–Crippen LogP) is 3.23. The largest absolute Gasteiger partial charge is 0.317 e. The second-order valence-electron chi connectivity index (χ2n) is 4.35. The Labute approximate surface area is 93.9 Å². The molecule has 0 saturated carbocycles. The summed E-state index contributed by atoms with van der Waals surface area (Å²) in [7, 11) is 2.06. The molecule has 1 N–H and O–H groups in total. The highest BCUT2D eigenvalue weighted by Gasteiger charge is 2.09. The average molecular weight is 205 g/mol. The van der Waals surface area contributed by atoms with Gasteiger partial charge in [-0.3, -0.25) is 0 Å². The van der Waals surface area contributed by atoms with Crippen LogP contribution in [0.3, 0.4) is 0 Å². The Kier molecular flexibility index (Phi) is 4.83. The number of rotatable bonds is 5. The number of hydrogen-bond donors (Lipinski definition) is 1. The molecule has 0 amide bonds. The molecular formula is C14H23N. The van der Waals surface area contributed by atoms with E-state index in [0.29, 0.717) is 6.04 Å². The smallest absolute Gasteiger partial charge is 0.0105 e. The minimum atomic E-state index is 0.620. The minimum Gasteiger partial charge on any atom is -0.317 e. The van der Waals surface area contributed by atoms with Gasteiger partial charge in [-0.05, 0) is 50.4 Å². The van der Waals surface area contributed by atoms with Crippen molar-refractivity contribution in [1.82, 2.24) is 5.32 Å². The van der Waals surface area contributed by atoms with E-state index < -0.39 is 0 Å². The van der Waals surface area contributed by atoms with Crippen LogP contribution < -0.4 is 5.32 Å². The first-order chi connectivity index (χ1) is 7.19. The van der Waals surface area contributed by atoms with Crippen LogP contribution in [0.25, 0.3) is 0 Å². The van der Waals surface area contributed by atoms with Gasteiger partial charge in [-0.1, -0.05) is 31.5 Å². The van der Waals surface area contributed by atoms with Crippen molar-refractivity contribution in [2.45, 2.75) is 46.1 Å². The van der Waals surface area contributed by atoms with Gasteiger partial charge in [0.05, 0.1) is 0 Å². The quantitative estimate of drug-likeness (QED) is 0.778. The van der Waals surface area contributed by atoms with Gasteiger partial charge in [-0.2, -0.15) is 0 Å². The zero-order chi connectivity index (χ0) is 11.3. The number of nitrogens with one attached hydrogen (secondary N) is 1. The lowest BCUT2D eigenvalue weighted by Gasteiger charge is -2.18. The lowest BCUT2D eigenvalue weighted by atomic mass is 9.95. The first kappa shape index (κ1) is 12.3. The monoisotopic (exact) mass is 205 g/mol. The predicted molar refractivity (Wildman–Crippen MR) is 67.4 cm³/mol. The van der Waals surface area contributed by atoms with Gasteiger partial charge in [0.2, 0.25) is 0 Å². The van der Waals surface area contributed by atoms with Gasteiger partial charge in [-0.25, -0.2) is 0 Å². The molecule has 0 fully saturated rings. The summed E-state index contributed by atoms with van der Waals surface area (Å²) in [6.07, 6.45) is 3.66. The van der Waals surface area contributed by atoms with Crippen LogP contribution in [-0.2, 0) is 6.42 Å². The second kappa shape index (κ2) is 5.92. The third-order valence-electron chi connectivity index (χ3n) is 3.14. The zero-order valence-corrected chi connectivity index (χ0v) is 10.4. The summed E-state index contributed by atoms with van der Waals surface area (Å²) < 4.78 is 0. The Bertz CT molecular complexity index is 284. The Hall–Kier alpha value is -0.820. The van der Waals surface area contributed by atoms with Gasteiger partial charge in [-0.15, -0.1) is 0 Å². The van der Waals surface area contributed by atoms with Crippen LogP contribution in [0, 0.1) is 13.8 Å². The van der Waals surface area contributed by atoms with Crippen molar-refractivity contribution in [1.29, 1.82) is 0 Å². The van der Waals surface area contributed by atoms with Gasteiger partial charge in [0.1, 0.15) is 0 Å². The third kappa shape index (κ3) is 3.35. The fraction of sp³-hybridized carbons (Fsp3) is 0.571. The topological polar surface area (TPSA) is 12.0 Å². The number of likely N-dealkylation sites (N-methyl/N-ethyl adjacent to an activating group) is 1. The third-order valence-corrected chi connectivity index (χ3v) is 3.14. The van der Waals surface area contributed by atoms with Crippen LogP contribution in [0.15, 0.2) is 18.2 Å². The van der Waals surface area contributed by atoms with Crippen molar-refractivity contribution in [3.05, 3.63) is 34.9 Å². The van der Waals surface area contributed by atoms with Crippen LogP contribution in [-0.4, -0.2) is 13.1 Å². The minimum absolute atomic E-state index is 0.620. The van der Waals surface area contributed by atoms with Gasteiger partial charge < -0.3 is 5.32 Å². The summed E-state index contributed by atoms with van der Waals surface area (Å²) >= 11 is 0. The van der Waals surface area contributed by atoms with E-state index in [0.717, 1.165) is 6.42 Å². The van der Waals surface area contributed by atoms with Crippen molar-refractivity contribution in [3.63, 3.8) is 0 Å². The molecule has 0 aliphatic carbocycles. The molecule has 1 aromatic rings. The Morgan fingerprint density at radius 3 is 2.27 bits per heavy atom. The molecule has 15 heavy (non-hydrogen) atoms. The number of benzene rings is 1. The van der Waals surface area contributed by atoms with Crippen molar-refractivity contribution < 1.29 is 0 Å². The van der Waals surface area contributed by atoms with E-state index in [2.05, 4.69) is 51.3 Å². The summed E-state index contributed by atoms with van der Waals surface area (Å²) in [5.74, 6) is 0. The summed E-state index contributed by atoms with van der Waals surface area (Å²) in [4.78, 5) is 0. The summed E-state index contributed by atoms with van der Waals surface area (Å²) in [6.45, 7) is 6.66. The molecular weight excluding hydrogens is 182 g/mol. The van der Waals surface area contributed by atoms with Crippen molar-refractivity contribution in [2.24, 2.45) is 0 Å². The van der Waals surface area contributed by atoms with E-state index in [4.69, 9.17) is 0 Å². The summed E-state index contributed by atoms with van der Waals surface area (Å²) in [5.41, 5.74) is 4.36. The molecule has 0 radical (unpaired) electrons. The maximum Gasteiger partial charge on any atom is 0.0105 e. The van der Waals surface area contributed by atoms with Gasteiger partial charge in [0.15, 0.2) is 0 Å². The van der Waals surface area contributed by atoms with Gasteiger partial charge in [0, 0.05) is 6.04 Å². The van der Waals surface area contributed by atoms with Crippen LogP contribution in [0.2, 0.25) is 0 Å². The molecule has 0 spiro atoms. The van der Waals surface area contributed by atoms with Crippen LogP contribution in [0.1, 0.15) is 36.5 Å². The fourth-order valence-electron chi connectivity index (χ4n) is 2.11. The molecule has 1 heteroatoms. The highest BCUT2D eigenvalue weighted by atomic mass is 14.9. The van der Waals surface area contributed by atoms with E-state index >= 15 is 0 Å². The molecule has 0 bridgehead atoms. The standard InChI is InChI=1S/C14H23N/c1-5-7-13(15-4)10-14-11(2)8-6-9-12(14)3/h6,8-9,13,15H,5,7,10H2,1-4H3. The Balaban J connectivity index is 2.78. The first-order valence-corrected chi connectivity index (χ1v) is 5.91. The highest BCUT2D eigenvalue weighted by molar-refractivity contribution is 5.34. The van der Waals surface area contributed by atoms with Crippen molar-refractivity contribution in [2.75, 3.05) is 7.05 Å². The molecule has 0 aliphatic heterocycles. The van der Waals surface area contributed by atoms with E-state index in [-0.39, 0.29) is 0 Å². The second-order valence-corrected chi connectivity index (χ2v) is 4.35. The average Bonchev–Trinajstić information content (AvgIpc) is 2.22. The maximum atomic E-state index is 3.41. The first-order valence-electron chi connectivity index (χ1n) is 5.91. The van der Waals surface area contributed by atoms with Crippen LogP contribution in [0.4, 0.5) is 0 Å². The molecule has 1 nitrogen and oxygen atoms in total. The molecule has 0 aliphatic rings. The molecule has 1 atom stereocenters. The normalized spacial score (nSPS) is 12.8. The Morgan fingerprint density at radius 2 is 1.80 bits per heavy atom. The molecule has 84 valence electrons. The van der Waals surface area contributed by atoms with E-state index in [1.165, 1.54) is 29.5 Å². The lowest BCUT2D eigenvalue weighted by molar-refractivity contribution is 0.512. The number of aryl methyl sites for hydroxylation is 2. The van der Waals surface area contributed by atoms with Gasteiger partial charge in [0.25, 0.3) is 0 Å². The van der Waals surface area contributed by atoms with Crippen molar-refractivity contribution >= 4 is 0 Å². The molecule has 1 aromatic carbocycles. The zero-order valence-electron chi connectivity index (χ0n) is 10.4. The lowest BCUT2D eigenvalue weighted by Crippen LogP contribution is -2.27. The fourth-order valence-corrected chi connectivity index (χ4v) is 2.11. The van der Waals surface area contributed by atoms with Gasteiger partial charge >= 0.3 is 0 Å². The van der Waals surface area contributed by atoms with Crippen molar-refractivity contribution in [3.8, 4) is 0 Å². The van der Waals surface area contributed by atoms with Crippen LogP contribution >= 0.6 is 0 Å². The number of hydrogen-bond acceptors (Lipinski definition) is 1. The van der Waals surface area contributed by atoms with E-state index in [1.807, 2.05) is 0 Å². The van der Waals surface area contributed by atoms with Crippen LogP contribution in [0.5, 0.6) is 0 Å². The molecule has 0 saturated heterocycles. The molecule has 1 unspecified atom stereocenters. The van der Waals surface area contributed by atoms with E-state index in [1.54, 1.807) is 0 Å². The Morgan fingerprint density at radius 1 is 1.20 bits per heavy atom. The summed E-state index contributed by atoms with van der Waals surface area (Å²) in [5, 5.41) is 3.41.